The van der Waals surface area contributed by atoms with Crippen LogP contribution in [0.4, 0.5) is 5.00 Å². The number of ether oxygens (including phenoxy) is 1. The van der Waals surface area contributed by atoms with E-state index in [1.807, 2.05) is 37.3 Å². The maximum Gasteiger partial charge on any atom is 0.341 e. The lowest BCUT2D eigenvalue weighted by atomic mass is 9.96. The maximum atomic E-state index is 12.9. The van der Waals surface area contributed by atoms with Crippen LogP contribution in [0.1, 0.15) is 51.4 Å². The van der Waals surface area contributed by atoms with Crippen LogP contribution in [0, 0.1) is 0 Å². The SMILES string of the molecule is CCOC(=O)c1c(N)sc2c1CCN(C(CC)C(=O)c1ccccc1)C2. The fourth-order valence-corrected chi connectivity index (χ4v) is 4.67. The molecular formula is C20H24N2O3S. The zero-order valence-corrected chi connectivity index (χ0v) is 16.0. The molecule has 1 atom stereocenters. The number of ketones is 1. The summed E-state index contributed by atoms with van der Waals surface area (Å²) in [5.41, 5.74) is 8.34. The Morgan fingerprint density at radius 1 is 1.27 bits per heavy atom. The second-order valence-corrected chi connectivity index (χ2v) is 7.48. The number of carbonyl (C=O) groups is 2. The molecule has 1 unspecified atom stereocenters. The van der Waals surface area contributed by atoms with Gasteiger partial charge in [0.1, 0.15) is 5.00 Å². The van der Waals surface area contributed by atoms with Gasteiger partial charge in [0, 0.05) is 23.5 Å². The Labute approximate surface area is 157 Å². The van der Waals surface area contributed by atoms with Gasteiger partial charge in [-0.25, -0.2) is 4.79 Å². The largest absolute Gasteiger partial charge is 0.462 e. The van der Waals surface area contributed by atoms with E-state index in [1.165, 1.54) is 11.3 Å². The van der Waals surface area contributed by atoms with E-state index in [2.05, 4.69) is 4.90 Å². The summed E-state index contributed by atoms with van der Waals surface area (Å²) in [6, 6.07) is 9.25. The molecule has 1 aromatic carbocycles. The van der Waals surface area contributed by atoms with Gasteiger partial charge in [-0.3, -0.25) is 9.69 Å². The second-order valence-electron chi connectivity index (χ2n) is 6.34. The molecule has 0 fully saturated rings. The first-order valence-corrected chi connectivity index (χ1v) is 9.78. The van der Waals surface area contributed by atoms with E-state index < -0.39 is 0 Å². The van der Waals surface area contributed by atoms with E-state index in [0.717, 1.165) is 29.0 Å². The third-order valence-corrected chi connectivity index (χ3v) is 5.83. The Bertz CT molecular complexity index is 801. The van der Waals surface area contributed by atoms with Crippen molar-refractivity contribution in [1.82, 2.24) is 4.90 Å². The highest BCUT2D eigenvalue weighted by Gasteiger charge is 2.32. The summed E-state index contributed by atoms with van der Waals surface area (Å²) >= 11 is 1.43. The minimum absolute atomic E-state index is 0.145. The van der Waals surface area contributed by atoms with E-state index in [9.17, 15) is 9.59 Å². The van der Waals surface area contributed by atoms with Gasteiger partial charge in [-0.05, 0) is 25.3 Å². The highest BCUT2D eigenvalue weighted by Crippen LogP contribution is 2.36. The smallest absolute Gasteiger partial charge is 0.341 e. The van der Waals surface area contributed by atoms with Crippen LogP contribution in [-0.2, 0) is 17.7 Å². The number of fused-ring (bicyclic) bond motifs is 1. The lowest BCUT2D eigenvalue weighted by Crippen LogP contribution is -2.43. The van der Waals surface area contributed by atoms with Crippen LogP contribution in [0.15, 0.2) is 30.3 Å². The van der Waals surface area contributed by atoms with Crippen molar-refractivity contribution in [2.24, 2.45) is 0 Å². The van der Waals surface area contributed by atoms with E-state index in [4.69, 9.17) is 10.5 Å². The Morgan fingerprint density at radius 3 is 2.65 bits per heavy atom. The number of nitrogens with two attached hydrogens (primary N) is 1. The van der Waals surface area contributed by atoms with Gasteiger partial charge < -0.3 is 10.5 Å². The average molecular weight is 372 g/mol. The summed E-state index contributed by atoms with van der Waals surface area (Å²) in [5, 5.41) is 0.512. The molecule has 0 saturated carbocycles. The molecule has 138 valence electrons. The Hall–Kier alpha value is -2.18. The molecule has 3 rings (SSSR count). The number of esters is 1. The minimum Gasteiger partial charge on any atom is -0.462 e. The number of hydrogen-bond acceptors (Lipinski definition) is 6. The molecule has 6 heteroatoms. The van der Waals surface area contributed by atoms with Crippen molar-refractivity contribution in [1.29, 1.82) is 0 Å². The molecule has 1 aliphatic rings. The second kappa shape index (κ2) is 8.01. The van der Waals surface area contributed by atoms with Crippen LogP contribution in [0.3, 0.4) is 0 Å². The fourth-order valence-electron chi connectivity index (χ4n) is 3.54. The highest BCUT2D eigenvalue weighted by molar-refractivity contribution is 7.16. The first-order chi connectivity index (χ1) is 12.6. The molecule has 26 heavy (non-hydrogen) atoms. The van der Waals surface area contributed by atoms with Gasteiger partial charge >= 0.3 is 5.97 Å². The van der Waals surface area contributed by atoms with Crippen LogP contribution < -0.4 is 5.73 Å². The summed E-state index contributed by atoms with van der Waals surface area (Å²) in [4.78, 5) is 28.4. The highest BCUT2D eigenvalue weighted by atomic mass is 32.1. The molecule has 0 saturated heterocycles. The Balaban J connectivity index is 1.82. The van der Waals surface area contributed by atoms with Gasteiger partial charge in [0.2, 0.25) is 0 Å². The van der Waals surface area contributed by atoms with Crippen molar-refractivity contribution >= 4 is 28.1 Å². The molecule has 2 heterocycles. The summed E-state index contributed by atoms with van der Waals surface area (Å²) < 4.78 is 5.14. The van der Waals surface area contributed by atoms with E-state index >= 15 is 0 Å². The quantitative estimate of drug-likeness (QED) is 0.620. The topological polar surface area (TPSA) is 72.6 Å². The Kier molecular flexibility index (Phi) is 5.74. The van der Waals surface area contributed by atoms with Gasteiger partial charge in [0.25, 0.3) is 0 Å². The van der Waals surface area contributed by atoms with Crippen LogP contribution in [-0.4, -0.2) is 35.8 Å². The fraction of sp³-hybridized carbons (Fsp3) is 0.400. The van der Waals surface area contributed by atoms with Crippen molar-refractivity contribution in [2.75, 3.05) is 18.9 Å². The monoisotopic (exact) mass is 372 g/mol. The number of rotatable bonds is 6. The van der Waals surface area contributed by atoms with Gasteiger partial charge in [-0.2, -0.15) is 0 Å². The minimum atomic E-state index is -0.344. The standard InChI is InChI=1S/C20H24N2O3S/c1-3-15(18(23)13-8-6-5-7-9-13)22-11-10-14-16(12-22)26-19(21)17(14)20(24)25-4-2/h5-9,15H,3-4,10-12,21H2,1-2H3. The zero-order valence-electron chi connectivity index (χ0n) is 15.2. The van der Waals surface area contributed by atoms with Crippen molar-refractivity contribution in [3.63, 3.8) is 0 Å². The summed E-state index contributed by atoms with van der Waals surface area (Å²) in [5.74, 6) is -0.199. The van der Waals surface area contributed by atoms with Crippen LogP contribution in [0.2, 0.25) is 0 Å². The van der Waals surface area contributed by atoms with Gasteiger partial charge in [-0.1, -0.05) is 37.3 Å². The molecule has 2 aromatic rings. The first-order valence-electron chi connectivity index (χ1n) is 8.97. The summed E-state index contributed by atoms with van der Waals surface area (Å²) in [6.45, 7) is 5.52. The van der Waals surface area contributed by atoms with Gasteiger partial charge in [0.05, 0.1) is 18.2 Å². The lowest BCUT2D eigenvalue weighted by Gasteiger charge is -2.33. The molecule has 0 aliphatic carbocycles. The van der Waals surface area contributed by atoms with Crippen molar-refractivity contribution < 1.29 is 14.3 Å². The molecule has 0 radical (unpaired) electrons. The molecule has 5 nitrogen and oxygen atoms in total. The number of nitrogen functional groups attached to an aromatic ring is 1. The third-order valence-electron chi connectivity index (χ3n) is 4.78. The molecule has 0 bridgehead atoms. The molecule has 2 N–H and O–H groups in total. The predicted octanol–water partition coefficient (Wildman–Crippen LogP) is 3.53. The summed E-state index contributed by atoms with van der Waals surface area (Å²) in [7, 11) is 0. The van der Waals surface area contributed by atoms with Crippen molar-refractivity contribution in [3.05, 3.63) is 51.9 Å². The molecule has 0 spiro atoms. The number of thiophene rings is 1. The van der Waals surface area contributed by atoms with Gasteiger partial charge in [0.15, 0.2) is 5.78 Å². The van der Waals surface area contributed by atoms with E-state index in [1.54, 1.807) is 6.92 Å². The van der Waals surface area contributed by atoms with Gasteiger partial charge in [-0.15, -0.1) is 11.3 Å². The number of Topliss-reactive ketones (excluding diaryl/α,β-unsaturated/α-hetero) is 1. The zero-order chi connectivity index (χ0) is 18.7. The predicted molar refractivity (Wildman–Crippen MR) is 104 cm³/mol. The number of hydrogen-bond donors (Lipinski definition) is 1. The number of benzene rings is 1. The molecule has 1 aliphatic heterocycles. The van der Waals surface area contributed by atoms with Crippen LogP contribution in [0.25, 0.3) is 0 Å². The van der Waals surface area contributed by atoms with Crippen molar-refractivity contribution in [2.45, 2.75) is 39.3 Å². The maximum absolute atomic E-state index is 12.9. The lowest BCUT2D eigenvalue weighted by molar-refractivity contribution is 0.0524. The Morgan fingerprint density at radius 2 is 2.00 bits per heavy atom. The first kappa shape index (κ1) is 18.6. The van der Waals surface area contributed by atoms with E-state index in [-0.39, 0.29) is 17.8 Å². The number of anilines is 1. The number of nitrogens with zero attached hydrogens (tertiary/aromatic N) is 1. The third kappa shape index (κ3) is 3.52. The van der Waals surface area contributed by atoms with E-state index in [0.29, 0.717) is 30.1 Å². The van der Waals surface area contributed by atoms with Crippen LogP contribution in [0.5, 0.6) is 0 Å². The number of carbonyl (C=O) groups excluding carboxylic acids is 2. The molecule has 0 amide bonds. The molecule has 1 aromatic heterocycles. The van der Waals surface area contributed by atoms with Crippen molar-refractivity contribution in [3.8, 4) is 0 Å². The average Bonchev–Trinajstić information content (AvgIpc) is 2.98. The normalized spacial score (nSPS) is 15.3. The summed E-state index contributed by atoms with van der Waals surface area (Å²) in [6.07, 6.45) is 1.45. The molecular weight excluding hydrogens is 348 g/mol. The van der Waals surface area contributed by atoms with Crippen LogP contribution >= 0.6 is 11.3 Å².